The Morgan fingerprint density at radius 2 is 2.11 bits per heavy atom. The highest BCUT2D eigenvalue weighted by Gasteiger charge is 2.12. The standard InChI is InChI=1S/C13H19N3O3/c1-18-12-5-3-2-4-11(12)15-13(17)10-14-16-6-8-19-9-7-16/h2-5,14H,6-10H2,1H3,(H,15,17). The van der Waals surface area contributed by atoms with Crippen LogP contribution in [0.3, 0.4) is 0 Å². The summed E-state index contributed by atoms with van der Waals surface area (Å²) in [6.45, 7) is 3.21. The number of methoxy groups -OCH3 is 1. The number of amides is 1. The Hall–Kier alpha value is -1.63. The van der Waals surface area contributed by atoms with E-state index >= 15 is 0 Å². The van der Waals surface area contributed by atoms with E-state index in [0.717, 1.165) is 13.1 Å². The van der Waals surface area contributed by atoms with E-state index in [4.69, 9.17) is 9.47 Å². The number of carbonyl (C=O) groups excluding carboxylic acids is 1. The number of hydrogen-bond donors (Lipinski definition) is 2. The number of hydrazine groups is 1. The zero-order chi connectivity index (χ0) is 13.5. The molecule has 19 heavy (non-hydrogen) atoms. The predicted molar refractivity (Wildman–Crippen MR) is 72.0 cm³/mol. The topological polar surface area (TPSA) is 62.8 Å². The predicted octanol–water partition coefficient (Wildman–Crippen LogP) is 0.470. The Bertz CT molecular complexity index is 419. The summed E-state index contributed by atoms with van der Waals surface area (Å²) in [6, 6.07) is 7.34. The van der Waals surface area contributed by atoms with E-state index < -0.39 is 0 Å². The molecule has 1 heterocycles. The van der Waals surface area contributed by atoms with Crippen LogP contribution in [0.15, 0.2) is 24.3 Å². The lowest BCUT2D eigenvalue weighted by molar-refractivity contribution is -0.116. The first-order valence-electron chi connectivity index (χ1n) is 6.28. The van der Waals surface area contributed by atoms with Gasteiger partial charge in [0.1, 0.15) is 5.75 Å². The van der Waals surface area contributed by atoms with Gasteiger partial charge in [-0.15, -0.1) is 0 Å². The van der Waals surface area contributed by atoms with Gasteiger partial charge < -0.3 is 14.8 Å². The lowest BCUT2D eigenvalue weighted by atomic mass is 10.3. The summed E-state index contributed by atoms with van der Waals surface area (Å²) in [4.78, 5) is 11.8. The molecule has 0 saturated carbocycles. The van der Waals surface area contributed by atoms with Gasteiger partial charge in [0.15, 0.2) is 0 Å². The molecular weight excluding hydrogens is 246 g/mol. The molecule has 0 aliphatic carbocycles. The van der Waals surface area contributed by atoms with Crippen molar-refractivity contribution in [3.8, 4) is 5.75 Å². The number of para-hydroxylation sites is 2. The molecule has 1 aromatic carbocycles. The zero-order valence-corrected chi connectivity index (χ0v) is 11.0. The molecular formula is C13H19N3O3. The number of benzene rings is 1. The highest BCUT2D eigenvalue weighted by Crippen LogP contribution is 2.22. The highest BCUT2D eigenvalue weighted by atomic mass is 16.5. The molecule has 0 bridgehead atoms. The van der Waals surface area contributed by atoms with Crippen LogP contribution in [0.5, 0.6) is 5.75 Å². The van der Waals surface area contributed by atoms with Crippen LogP contribution in [0, 0.1) is 0 Å². The minimum Gasteiger partial charge on any atom is -0.495 e. The van der Waals surface area contributed by atoms with E-state index in [2.05, 4.69) is 10.7 Å². The molecule has 6 nitrogen and oxygen atoms in total. The third-order valence-corrected chi connectivity index (χ3v) is 2.86. The number of rotatable bonds is 5. The summed E-state index contributed by atoms with van der Waals surface area (Å²) in [5.74, 6) is 0.554. The fourth-order valence-electron chi connectivity index (χ4n) is 1.85. The summed E-state index contributed by atoms with van der Waals surface area (Å²) in [5, 5.41) is 4.81. The molecule has 0 aromatic heterocycles. The molecule has 1 aliphatic rings. The maximum atomic E-state index is 11.8. The van der Waals surface area contributed by atoms with Crippen molar-refractivity contribution in [1.82, 2.24) is 10.4 Å². The summed E-state index contributed by atoms with van der Waals surface area (Å²) < 4.78 is 10.4. The highest BCUT2D eigenvalue weighted by molar-refractivity contribution is 5.93. The van der Waals surface area contributed by atoms with Gasteiger partial charge in [-0.25, -0.2) is 10.4 Å². The van der Waals surface area contributed by atoms with Crippen molar-refractivity contribution in [1.29, 1.82) is 0 Å². The zero-order valence-electron chi connectivity index (χ0n) is 11.0. The van der Waals surface area contributed by atoms with Crippen molar-refractivity contribution in [3.63, 3.8) is 0 Å². The second-order valence-corrected chi connectivity index (χ2v) is 4.18. The molecule has 1 aromatic rings. The average molecular weight is 265 g/mol. The van der Waals surface area contributed by atoms with Crippen molar-refractivity contribution in [2.45, 2.75) is 0 Å². The Morgan fingerprint density at radius 3 is 2.84 bits per heavy atom. The number of ether oxygens (including phenoxy) is 2. The van der Waals surface area contributed by atoms with E-state index in [1.165, 1.54) is 0 Å². The van der Waals surface area contributed by atoms with Crippen LogP contribution in [-0.2, 0) is 9.53 Å². The number of nitrogens with one attached hydrogen (secondary N) is 2. The van der Waals surface area contributed by atoms with Crippen molar-refractivity contribution in [2.24, 2.45) is 0 Å². The first kappa shape index (κ1) is 13.8. The van der Waals surface area contributed by atoms with Gasteiger partial charge in [-0.2, -0.15) is 0 Å². The molecule has 1 saturated heterocycles. The summed E-state index contributed by atoms with van der Waals surface area (Å²) >= 11 is 0. The molecule has 1 amide bonds. The number of carbonyl (C=O) groups is 1. The number of hydrogen-bond acceptors (Lipinski definition) is 5. The molecule has 6 heteroatoms. The van der Waals surface area contributed by atoms with Crippen molar-refractivity contribution < 1.29 is 14.3 Å². The maximum absolute atomic E-state index is 11.8. The molecule has 2 N–H and O–H groups in total. The molecule has 0 atom stereocenters. The van der Waals surface area contributed by atoms with E-state index in [9.17, 15) is 4.79 Å². The van der Waals surface area contributed by atoms with Crippen LogP contribution < -0.4 is 15.5 Å². The minimum atomic E-state index is -0.101. The van der Waals surface area contributed by atoms with Gasteiger partial charge in [0, 0.05) is 13.1 Å². The third-order valence-electron chi connectivity index (χ3n) is 2.86. The Balaban J connectivity index is 1.80. The van der Waals surface area contributed by atoms with Crippen molar-refractivity contribution >= 4 is 11.6 Å². The lowest BCUT2D eigenvalue weighted by Crippen LogP contribution is -2.48. The molecule has 1 fully saturated rings. The van der Waals surface area contributed by atoms with Crippen molar-refractivity contribution in [2.75, 3.05) is 45.3 Å². The first-order valence-corrected chi connectivity index (χ1v) is 6.28. The van der Waals surface area contributed by atoms with E-state index in [1.807, 2.05) is 29.3 Å². The second-order valence-electron chi connectivity index (χ2n) is 4.18. The lowest BCUT2D eigenvalue weighted by Gasteiger charge is -2.26. The van der Waals surface area contributed by atoms with Crippen LogP contribution in [0.2, 0.25) is 0 Å². The van der Waals surface area contributed by atoms with Crippen LogP contribution in [0.25, 0.3) is 0 Å². The maximum Gasteiger partial charge on any atom is 0.239 e. The number of anilines is 1. The average Bonchev–Trinajstić information content (AvgIpc) is 2.47. The van der Waals surface area contributed by atoms with Crippen LogP contribution >= 0.6 is 0 Å². The fourth-order valence-corrected chi connectivity index (χ4v) is 1.85. The third kappa shape index (κ3) is 4.20. The second kappa shape index (κ2) is 7.08. The van der Waals surface area contributed by atoms with Crippen LogP contribution in [0.1, 0.15) is 0 Å². The normalized spacial score (nSPS) is 16.1. The Kier molecular flexibility index (Phi) is 5.14. The largest absolute Gasteiger partial charge is 0.495 e. The first-order chi connectivity index (χ1) is 9.29. The molecule has 0 spiro atoms. The van der Waals surface area contributed by atoms with Crippen LogP contribution in [0.4, 0.5) is 5.69 Å². The monoisotopic (exact) mass is 265 g/mol. The van der Waals surface area contributed by atoms with Gasteiger partial charge in [0.25, 0.3) is 0 Å². The van der Waals surface area contributed by atoms with Gasteiger partial charge in [0.2, 0.25) is 5.91 Å². The molecule has 2 rings (SSSR count). The van der Waals surface area contributed by atoms with Gasteiger partial charge in [-0.05, 0) is 12.1 Å². The minimum absolute atomic E-state index is 0.101. The Morgan fingerprint density at radius 1 is 1.37 bits per heavy atom. The summed E-state index contributed by atoms with van der Waals surface area (Å²) in [5.41, 5.74) is 3.76. The molecule has 0 unspecified atom stereocenters. The van der Waals surface area contributed by atoms with Crippen molar-refractivity contribution in [3.05, 3.63) is 24.3 Å². The van der Waals surface area contributed by atoms with E-state index in [-0.39, 0.29) is 12.5 Å². The summed E-state index contributed by atoms with van der Waals surface area (Å²) in [6.07, 6.45) is 0. The van der Waals surface area contributed by atoms with Gasteiger partial charge >= 0.3 is 0 Å². The van der Waals surface area contributed by atoms with Gasteiger partial charge in [-0.3, -0.25) is 4.79 Å². The fraction of sp³-hybridized carbons (Fsp3) is 0.462. The molecule has 104 valence electrons. The van der Waals surface area contributed by atoms with Gasteiger partial charge in [-0.1, -0.05) is 12.1 Å². The van der Waals surface area contributed by atoms with E-state index in [1.54, 1.807) is 7.11 Å². The smallest absolute Gasteiger partial charge is 0.239 e. The van der Waals surface area contributed by atoms with Gasteiger partial charge in [0.05, 0.1) is 32.6 Å². The Labute approximate surface area is 112 Å². The SMILES string of the molecule is COc1ccccc1NC(=O)CNN1CCOCC1. The van der Waals surface area contributed by atoms with E-state index in [0.29, 0.717) is 24.7 Å². The molecule has 0 radical (unpaired) electrons. The molecule has 1 aliphatic heterocycles. The quantitative estimate of drug-likeness (QED) is 0.810. The number of morpholine rings is 1. The van der Waals surface area contributed by atoms with Crippen LogP contribution in [-0.4, -0.2) is 50.9 Å². The number of nitrogens with zero attached hydrogens (tertiary/aromatic N) is 1. The summed E-state index contributed by atoms with van der Waals surface area (Å²) in [7, 11) is 1.58.